The van der Waals surface area contributed by atoms with Gasteiger partial charge in [-0.2, -0.15) is 0 Å². The van der Waals surface area contributed by atoms with Crippen molar-refractivity contribution in [3.05, 3.63) is 29.8 Å². The maximum Gasteiger partial charge on any atom is 0.122 e. The topological polar surface area (TPSA) is 21.3 Å². The van der Waals surface area contributed by atoms with Crippen LogP contribution in [0.25, 0.3) is 0 Å². The van der Waals surface area contributed by atoms with Crippen LogP contribution < -0.4 is 10.1 Å². The molecule has 1 aromatic carbocycles. The van der Waals surface area contributed by atoms with Crippen LogP contribution in [-0.4, -0.2) is 19.7 Å². The van der Waals surface area contributed by atoms with E-state index in [1.54, 1.807) is 7.11 Å². The van der Waals surface area contributed by atoms with Gasteiger partial charge >= 0.3 is 0 Å². The first-order chi connectivity index (χ1) is 8.40. The molecule has 1 aliphatic rings. The minimum atomic E-state index is 0.785. The maximum absolute atomic E-state index is 5.36. The molecule has 0 spiro atoms. The van der Waals surface area contributed by atoms with Gasteiger partial charge in [-0.3, -0.25) is 0 Å². The summed E-state index contributed by atoms with van der Waals surface area (Å²) in [5, 5.41) is 3.65. The molecule has 1 fully saturated rings. The van der Waals surface area contributed by atoms with Crippen molar-refractivity contribution in [3.8, 4) is 5.75 Å². The molecule has 0 radical (unpaired) electrons. The Labute approximate surface area is 104 Å². The Morgan fingerprint density at radius 1 is 1.24 bits per heavy atom. The van der Waals surface area contributed by atoms with E-state index in [0.717, 1.165) is 24.8 Å². The Balaban J connectivity index is 1.70. The van der Waals surface area contributed by atoms with Gasteiger partial charge in [0.2, 0.25) is 0 Å². The Kier molecular flexibility index (Phi) is 4.87. The summed E-state index contributed by atoms with van der Waals surface area (Å²) in [6, 6.07) is 9.10. The third-order valence-electron chi connectivity index (χ3n) is 3.60. The molecule has 0 aliphatic heterocycles. The van der Waals surface area contributed by atoms with Crippen molar-refractivity contribution in [2.24, 2.45) is 0 Å². The first kappa shape index (κ1) is 12.4. The lowest BCUT2D eigenvalue weighted by Gasteiger charge is -2.12. The van der Waals surface area contributed by atoms with Crippen LogP contribution in [0.3, 0.4) is 0 Å². The van der Waals surface area contributed by atoms with Gasteiger partial charge in [-0.1, -0.05) is 31.0 Å². The maximum atomic E-state index is 5.36. The van der Waals surface area contributed by atoms with Gasteiger partial charge in [0.25, 0.3) is 0 Å². The fourth-order valence-corrected chi connectivity index (χ4v) is 2.62. The van der Waals surface area contributed by atoms with Crippen molar-refractivity contribution >= 4 is 0 Å². The Bertz CT molecular complexity index is 331. The van der Waals surface area contributed by atoms with Crippen LogP contribution in [0.5, 0.6) is 5.75 Å². The van der Waals surface area contributed by atoms with E-state index >= 15 is 0 Å². The average molecular weight is 233 g/mol. The van der Waals surface area contributed by atoms with Gasteiger partial charge in [-0.15, -0.1) is 0 Å². The lowest BCUT2D eigenvalue weighted by molar-refractivity contribution is 0.408. The van der Waals surface area contributed by atoms with Crippen LogP contribution in [0.15, 0.2) is 24.3 Å². The largest absolute Gasteiger partial charge is 0.496 e. The third kappa shape index (κ3) is 3.74. The molecule has 17 heavy (non-hydrogen) atoms. The van der Waals surface area contributed by atoms with Gasteiger partial charge in [-0.05, 0) is 43.9 Å². The number of benzene rings is 1. The van der Waals surface area contributed by atoms with E-state index < -0.39 is 0 Å². The molecule has 94 valence electrons. The number of aryl methyl sites for hydroxylation is 1. The lowest BCUT2D eigenvalue weighted by atomic mass is 10.1. The molecule has 1 saturated carbocycles. The van der Waals surface area contributed by atoms with Crippen LogP contribution in [0.2, 0.25) is 0 Å². The van der Waals surface area contributed by atoms with Gasteiger partial charge in [-0.25, -0.2) is 0 Å². The van der Waals surface area contributed by atoms with E-state index in [-0.39, 0.29) is 0 Å². The molecule has 0 heterocycles. The highest BCUT2D eigenvalue weighted by Gasteiger charge is 2.13. The summed E-state index contributed by atoms with van der Waals surface area (Å²) >= 11 is 0. The fourth-order valence-electron chi connectivity index (χ4n) is 2.62. The van der Waals surface area contributed by atoms with E-state index in [1.807, 2.05) is 12.1 Å². The first-order valence-corrected chi connectivity index (χ1v) is 6.75. The number of methoxy groups -OCH3 is 1. The van der Waals surface area contributed by atoms with Crippen LogP contribution in [0, 0.1) is 0 Å². The molecular weight excluding hydrogens is 210 g/mol. The van der Waals surface area contributed by atoms with Crippen molar-refractivity contribution in [2.75, 3.05) is 13.7 Å². The first-order valence-electron chi connectivity index (χ1n) is 6.75. The van der Waals surface area contributed by atoms with E-state index in [0.29, 0.717) is 0 Å². The number of para-hydroxylation sites is 1. The molecule has 2 nitrogen and oxygen atoms in total. The zero-order chi connectivity index (χ0) is 11.9. The van der Waals surface area contributed by atoms with Gasteiger partial charge in [0.05, 0.1) is 7.11 Å². The number of hydrogen-bond donors (Lipinski definition) is 1. The number of rotatable bonds is 6. The summed E-state index contributed by atoms with van der Waals surface area (Å²) < 4.78 is 5.36. The molecule has 0 aromatic heterocycles. The second kappa shape index (κ2) is 6.65. The van der Waals surface area contributed by atoms with Gasteiger partial charge in [0.15, 0.2) is 0 Å². The summed E-state index contributed by atoms with van der Waals surface area (Å²) in [5.41, 5.74) is 1.32. The smallest absolute Gasteiger partial charge is 0.122 e. The zero-order valence-electron chi connectivity index (χ0n) is 10.7. The molecule has 2 rings (SSSR count). The highest BCUT2D eigenvalue weighted by atomic mass is 16.5. The Hall–Kier alpha value is -1.02. The second-order valence-corrected chi connectivity index (χ2v) is 4.85. The third-order valence-corrected chi connectivity index (χ3v) is 3.60. The predicted octanol–water partition coefficient (Wildman–Crippen LogP) is 3.16. The van der Waals surface area contributed by atoms with Crippen LogP contribution in [0.4, 0.5) is 0 Å². The molecule has 1 N–H and O–H groups in total. The minimum Gasteiger partial charge on any atom is -0.496 e. The number of nitrogens with one attached hydrogen (secondary N) is 1. The van der Waals surface area contributed by atoms with Crippen LogP contribution in [-0.2, 0) is 6.42 Å². The Morgan fingerprint density at radius 2 is 2.00 bits per heavy atom. The highest BCUT2D eigenvalue weighted by molar-refractivity contribution is 5.33. The highest BCUT2D eigenvalue weighted by Crippen LogP contribution is 2.19. The van der Waals surface area contributed by atoms with E-state index in [2.05, 4.69) is 17.4 Å². The standard InChI is InChI=1S/C15H23NO/c1-17-15-11-5-2-7-13(15)8-6-12-16-14-9-3-4-10-14/h2,5,7,11,14,16H,3-4,6,8-10,12H2,1H3. The van der Waals surface area contributed by atoms with Crippen molar-refractivity contribution in [2.45, 2.75) is 44.6 Å². The normalized spacial score (nSPS) is 16.3. The molecule has 0 unspecified atom stereocenters. The van der Waals surface area contributed by atoms with Crippen molar-refractivity contribution < 1.29 is 4.74 Å². The molecule has 0 saturated heterocycles. The molecule has 0 amide bonds. The molecule has 1 aromatic rings. The predicted molar refractivity (Wildman–Crippen MR) is 71.6 cm³/mol. The summed E-state index contributed by atoms with van der Waals surface area (Å²) in [6.07, 6.45) is 7.85. The van der Waals surface area contributed by atoms with E-state index in [9.17, 15) is 0 Å². The lowest BCUT2D eigenvalue weighted by Crippen LogP contribution is -2.27. The van der Waals surface area contributed by atoms with Gasteiger partial charge < -0.3 is 10.1 Å². The van der Waals surface area contributed by atoms with E-state index in [4.69, 9.17) is 4.74 Å². The van der Waals surface area contributed by atoms with Crippen molar-refractivity contribution in [1.29, 1.82) is 0 Å². The van der Waals surface area contributed by atoms with Gasteiger partial charge in [0.1, 0.15) is 5.75 Å². The van der Waals surface area contributed by atoms with Crippen LogP contribution >= 0.6 is 0 Å². The average Bonchev–Trinajstić information content (AvgIpc) is 2.88. The fraction of sp³-hybridized carbons (Fsp3) is 0.600. The van der Waals surface area contributed by atoms with E-state index in [1.165, 1.54) is 37.7 Å². The molecular formula is C15H23NO. The van der Waals surface area contributed by atoms with Gasteiger partial charge in [0, 0.05) is 6.04 Å². The minimum absolute atomic E-state index is 0.785. The van der Waals surface area contributed by atoms with Crippen molar-refractivity contribution in [3.63, 3.8) is 0 Å². The SMILES string of the molecule is COc1ccccc1CCCNC1CCCC1. The zero-order valence-corrected chi connectivity index (χ0v) is 10.7. The molecule has 2 heteroatoms. The second-order valence-electron chi connectivity index (χ2n) is 4.85. The quantitative estimate of drug-likeness (QED) is 0.762. The number of hydrogen-bond acceptors (Lipinski definition) is 2. The molecule has 0 bridgehead atoms. The summed E-state index contributed by atoms with van der Waals surface area (Å²) in [7, 11) is 1.75. The summed E-state index contributed by atoms with van der Waals surface area (Å²) in [4.78, 5) is 0. The number of ether oxygens (including phenoxy) is 1. The monoisotopic (exact) mass is 233 g/mol. The summed E-state index contributed by atoms with van der Waals surface area (Å²) in [6.45, 7) is 1.13. The van der Waals surface area contributed by atoms with Crippen LogP contribution in [0.1, 0.15) is 37.7 Å². The molecule has 1 aliphatic carbocycles. The summed E-state index contributed by atoms with van der Waals surface area (Å²) in [5.74, 6) is 1.02. The Morgan fingerprint density at radius 3 is 2.76 bits per heavy atom. The molecule has 0 atom stereocenters. The van der Waals surface area contributed by atoms with Crippen molar-refractivity contribution in [1.82, 2.24) is 5.32 Å².